The summed E-state index contributed by atoms with van der Waals surface area (Å²) in [5, 5.41) is 3.68. The van der Waals surface area contributed by atoms with Gasteiger partial charge in [-0.1, -0.05) is 47.0 Å². The Labute approximate surface area is 115 Å². The highest BCUT2D eigenvalue weighted by Gasteiger charge is 2.37. The zero-order valence-corrected chi connectivity index (χ0v) is 13.2. The number of nitrogens with one attached hydrogen (secondary N) is 1. The van der Waals surface area contributed by atoms with Gasteiger partial charge in [-0.25, -0.2) is 0 Å². The average molecular weight is 253 g/mol. The number of hydrogen-bond acceptors (Lipinski definition) is 1. The molecule has 1 saturated carbocycles. The second kappa shape index (κ2) is 8.19. The fourth-order valence-electron chi connectivity index (χ4n) is 3.51. The lowest BCUT2D eigenvalue weighted by Crippen LogP contribution is -2.41. The molecule has 0 saturated heterocycles. The van der Waals surface area contributed by atoms with E-state index < -0.39 is 0 Å². The van der Waals surface area contributed by atoms with Gasteiger partial charge in [-0.3, -0.25) is 0 Å². The number of hydrogen-bond donors (Lipinski definition) is 1. The molecule has 0 unspecified atom stereocenters. The molecule has 1 aliphatic rings. The molecule has 0 aliphatic heterocycles. The van der Waals surface area contributed by atoms with E-state index in [0.717, 1.165) is 11.8 Å². The third-order valence-electron chi connectivity index (χ3n) is 5.20. The highest BCUT2D eigenvalue weighted by Crippen LogP contribution is 2.45. The topological polar surface area (TPSA) is 12.0 Å². The van der Waals surface area contributed by atoms with E-state index in [0.29, 0.717) is 5.41 Å². The minimum atomic E-state index is 0.595. The average Bonchev–Trinajstić information content (AvgIpc) is 2.38. The molecule has 1 rings (SSSR count). The smallest absolute Gasteiger partial charge is 0.00103 e. The van der Waals surface area contributed by atoms with Crippen LogP contribution in [0.2, 0.25) is 0 Å². The van der Waals surface area contributed by atoms with Gasteiger partial charge in [-0.2, -0.15) is 0 Å². The lowest BCUT2D eigenvalue weighted by Gasteiger charge is -2.44. The first-order valence-electron chi connectivity index (χ1n) is 8.35. The molecule has 108 valence electrons. The SMILES string of the molecule is CCCCC1CCC(CNCCC)(C(C)C)CC1. The Kier molecular flexibility index (Phi) is 7.29. The number of unbranched alkanes of at least 4 members (excludes halogenated alkanes) is 1. The lowest BCUT2D eigenvalue weighted by atomic mass is 9.64. The third-order valence-corrected chi connectivity index (χ3v) is 5.20. The van der Waals surface area contributed by atoms with Gasteiger partial charge in [0.05, 0.1) is 0 Å². The van der Waals surface area contributed by atoms with Crippen LogP contribution in [0.4, 0.5) is 0 Å². The first-order valence-corrected chi connectivity index (χ1v) is 8.35. The van der Waals surface area contributed by atoms with E-state index in [1.54, 1.807) is 0 Å². The Bertz CT molecular complexity index is 202. The van der Waals surface area contributed by atoms with Gasteiger partial charge in [0.25, 0.3) is 0 Å². The second-order valence-corrected chi connectivity index (χ2v) is 6.78. The van der Waals surface area contributed by atoms with E-state index in [-0.39, 0.29) is 0 Å². The van der Waals surface area contributed by atoms with Crippen molar-refractivity contribution in [1.29, 1.82) is 0 Å². The minimum Gasteiger partial charge on any atom is -0.316 e. The van der Waals surface area contributed by atoms with Crippen LogP contribution < -0.4 is 5.32 Å². The zero-order chi connectivity index (χ0) is 13.4. The zero-order valence-electron chi connectivity index (χ0n) is 13.2. The highest BCUT2D eigenvalue weighted by molar-refractivity contribution is 4.89. The molecule has 18 heavy (non-hydrogen) atoms. The van der Waals surface area contributed by atoms with E-state index in [2.05, 4.69) is 33.0 Å². The minimum absolute atomic E-state index is 0.595. The van der Waals surface area contributed by atoms with E-state index in [4.69, 9.17) is 0 Å². The predicted molar refractivity (Wildman–Crippen MR) is 81.9 cm³/mol. The molecule has 1 heteroatoms. The van der Waals surface area contributed by atoms with Gasteiger partial charge in [0.2, 0.25) is 0 Å². The number of rotatable bonds is 8. The van der Waals surface area contributed by atoms with Crippen molar-refractivity contribution in [3.8, 4) is 0 Å². The maximum atomic E-state index is 3.68. The molecular formula is C17H35N. The van der Waals surface area contributed by atoms with Crippen LogP contribution in [0.5, 0.6) is 0 Å². The van der Waals surface area contributed by atoms with Crippen molar-refractivity contribution in [2.45, 2.75) is 79.1 Å². The second-order valence-electron chi connectivity index (χ2n) is 6.78. The molecule has 0 bridgehead atoms. The molecule has 0 aromatic carbocycles. The quantitative estimate of drug-likeness (QED) is 0.600. The Morgan fingerprint density at radius 1 is 1.11 bits per heavy atom. The van der Waals surface area contributed by atoms with Gasteiger partial charge in [0, 0.05) is 6.54 Å². The molecule has 0 spiro atoms. The molecule has 0 amide bonds. The Hall–Kier alpha value is -0.0400. The summed E-state index contributed by atoms with van der Waals surface area (Å²) in [6.07, 6.45) is 11.4. The van der Waals surface area contributed by atoms with Crippen LogP contribution in [-0.4, -0.2) is 13.1 Å². The van der Waals surface area contributed by atoms with Crippen LogP contribution in [0.25, 0.3) is 0 Å². The Morgan fingerprint density at radius 2 is 1.78 bits per heavy atom. The van der Waals surface area contributed by atoms with Crippen LogP contribution in [0.1, 0.15) is 79.1 Å². The van der Waals surface area contributed by atoms with Crippen molar-refractivity contribution < 1.29 is 0 Å². The first kappa shape index (κ1) is 16.0. The van der Waals surface area contributed by atoms with Crippen molar-refractivity contribution in [3.05, 3.63) is 0 Å². The summed E-state index contributed by atoms with van der Waals surface area (Å²) in [7, 11) is 0. The van der Waals surface area contributed by atoms with E-state index in [9.17, 15) is 0 Å². The molecule has 1 nitrogen and oxygen atoms in total. The molecule has 1 aliphatic carbocycles. The fraction of sp³-hybridized carbons (Fsp3) is 1.00. The van der Waals surface area contributed by atoms with Gasteiger partial charge in [0.1, 0.15) is 0 Å². The third kappa shape index (κ3) is 4.57. The van der Waals surface area contributed by atoms with E-state index in [1.807, 2.05) is 0 Å². The predicted octanol–water partition coefficient (Wildman–Crippen LogP) is 5.01. The van der Waals surface area contributed by atoms with Gasteiger partial charge in [0.15, 0.2) is 0 Å². The van der Waals surface area contributed by atoms with Gasteiger partial charge in [-0.15, -0.1) is 0 Å². The summed E-state index contributed by atoms with van der Waals surface area (Å²) in [6, 6.07) is 0. The van der Waals surface area contributed by atoms with Crippen molar-refractivity contribution in [3.63, 3.8) is 0 Å². The summed E-state index contributed by atoms with van der Waals surface area (Å²) in [6.45, 7) is 11.9. The Balaban J connectivity index is 2.41. The molecular weight excluding hydrogens is 218 g/mol. The van der Waals surface area contributed by atoms with Crippen LogP contribution in [0.3, 0.4) is 0 Å². The molecule has 0 heterocycles. The van der Waals surface area contributed by atoms with Gasteiger partial charge >= 0.3 is 0 Å². The highest BCUT2D eigenvalue weighted by atomic mass is 14.9. The van der Waals surface area contributed by atoms with E-state index in [1.165, 1.54) is 64.5 Å². The summed E-state index contributed by atoms with van der Waals surface area (Å²) < 4.78 is 0. The summed E-state index contributed by atoms with van der Waals surface area (Å²) in [5.74, 6) is 1.86. The van der Waals surface area contributed by atoms with Crippen LogP contribution in [0.15, 0.2) is 0 Å². The standard InChI is InChI=1S/C17H35N/c1-5-7-8-16-9-11-17(12-10-16,15(3)4)14-18-13-6-2/h15-16,18H,5-14H2,1-4H3. The first-order chi connectivity index (χ1) is 8.64. The maximum absolute atomic E-state index is 3.68. The summed E-state index contributed by atoms with van der Waals surface area (Å²) in [4.78, 5) is 0. The van der Waals surface area contributed by atoms with Crippen molar-refractivity contribution in [2.75, 3.05) is 13.1 Å². The Morgan fingerprint density at radius 3 is 2.28 bits per heavy atom. The molecule has 0 aromatic heterocycles. The monoisotopic (exact) mass is 253 g/mol. The van der Waals surface area contributed by atoms with Crippen molar-refractivity contribution >= 4 is 0 Å². The van der Waals surface area contributed by atoms with Crippen LogP contribution in [-0.2, 0) is 0 Å². The largest absolute Gasteiger partial charge is 0.316 e. The molecule has 1 N–H and O–H groups in total. The van der Waals surface area contributed by atoms with Gasteiger partial charge < -0.3 is 5.32 Å². The summed E-state index contributed by atoms with van der Waals surface area (Å²) in [5.41, 5.74) is 0.595. The van der Waals surface area contributed by atoms with Crippen molar-refractivity contribution in [2.24, 2.45) is 17.3 Å². The molecule has 0 atom stereocenters. The van der Waals surface area contributed by atoms with Crippen LogP contribution >= 0.6 is 0 Å². The lowest BCUT2D eigenvalue weighted by molar-refractivity contribution is 0.0860. The molecule has 0 radical (unpaired) electrons. The summed E-state index contributed by atoms with van der Waals surface area (Å²) >= 11 is 0. The van der Waals surface area contributed by atoms with Crippen LogP contribution in [0, 0.1) is 17.3 Å². The van der Waals surface area contributed by atoms with E-state index >= 15 is 0 Å². The fourth-order valence-corrected chi connectivity index (χ4v) is 3.51. The van der Waals surface area contributed by atoms with Gasteiger partial charge in [-0.05, 0) is 55.9 Å². The van der Waals surface area contributed by atoms with Crippen molar-refractivity contribution in [1.82, 2.24) is 5.32 Å². The molecule has 0 aromatic rings. The normalized spacial score (nSPS) is 28.8. The maximum Gasteiger partial charge on any atom is 0.00103 e. The molecule has 1 fully saturated rings.